The number of ether oxygens (including phenoxy) is 1. The molecule has 0 saturated carbocycles. The van der Waals surface area contributed by atoms with Gasteiger partial charge in [-0.3, -0.25) is 4.99 Å². The first kappa shape index (κ1) is 14.6. The SMILES string of the molecule is CC1CCN(C(N)=NCCCC2CCCCO2)CC1. The second-order valence-electron chi connectivity index (χ2n) is 6.04. The molecule has 2 aliphatic rings. The molecule has 1 unspecified atom stereocenters. The molecule has 0 bridgehead atoms. The van der Waals surface area contributed by atoms with Crippen LogP contribution in [-0.4, -0.2) is 43.2 Å². The van der Waals surface area contributed by atoms with Gasteiger partial charge in [-0.15, -0.1) is 0 Å². The van der Waals surface area contributed by atoms with Gasteiger partial charge in [-0.05, 0) is 50.9 Å². The van der Waals surface area contributed by atoms with Crippen LogP contribution < -0.4 is 5.73 Å². The highest BCUT2D eigenvalue weighted by molar-refractivity contribution is 5.78. The van der Waals surface area contributed by atoms with Gasteiger partial charge in [-0.1, -0.05) is 6.92 Å². The van der Waals surface area contributed by atoms with Gasteiger partial charge in [-0.25, -0.2) is 0 Å². The van der Waals surface area contributed by atoms with Gasteiger partial charge in [0, 0.05) is 26.2 Å². The topological polar surface area (TPSA) is 50.8 Å². The summed E-state index contributed by atoms with van der Waals surface area (Å²) in [6.45, 7) is 6.25. The van der Waals surface area contributed by atoms with E-state index in [1.165, 1.54) is 32.1 Å². The summed E-state index contributed by atoms with van der Waals surface area (Å²) in [5.74, 6) is 1.59. The maximum absolute atomic E-state index is 6.06. The van der Waals surface area contributed by atoms with E-state index in [0.717, 1.165) is 51.0 Å². The van der Waals surface area contributed by atoms with Gasteiger partial charge in [0.15, 0.2) is 5.96 Å². The molecule has 2 heterocycles. The molecule has 2 saturated heterocycles. The summed E-state index contributed by atoms with van der Waals surface area (Å²) in [5, 5.41) is 0. The Bertz CT molecular complexity index is 279. The lowest BCUT2D eigenvalue weighted by Gasteiger charge is -2.31. The van der Waals surface area contributed by atoms with Crippen LogP contribution in [-0.2, 0) is 4.74 Å². The first-order chi connectivity index (χ1) is 9.25. The van der Waals surface area contributed by atoms with Gasteiger partial charge < -0.3 is 15.4 Å². The third-order valence-electron chi connectivity index (χ3n) is 4.34. The number of hydrogen-bond acceptors (Lipinski definition) is 2. The Morgan fingerprint density at radius 1 is 1.26 bits per heavy atom. The molecule has 1 atom stereocenters. The minimum absolute atomic E-state index is 0.473. The average Bonchev–Trinajstić information content (AvgIpc) is 2.45. The Balaban J connectivity index is 1.61. The number of piperidine rings is 1. The Hall–Kier alpha value is -0.770. The van der Waals surface area contributed by atoms with Crippen LogP contribution in [0.1, 0.15) is 51.9 Å². The lowest BCUT2D eigenvalue weighted by atomic mass is 10.00. The van der Waals surface area contributed by atoms with Crippen molar-refractivity contribution in [1.29, 1.82) is 0 Å². The van der Waals surface area contributed by atoms with Crippen LogP contribution in [0.15, 0.2) is 4.99 Å². The zero-order valence-electron chi connectivity index (χ0n) is 12.3. The molecule has 110 valence electrons. The normalized spacial score (nSPS) is 26.7. The van der Waals surface area contributed by atoms with E-state index in [-0.39, 0.29) is 0 Å². The second kappa shape index (κ2) is 7.73. The van der Waals surface area contributed by atoms with Crippen LogP contribution in [0.25, 0.3) is 0 Å². The van der Waals surface area contributed by atoms with E-state index in [9.17, 15) is 0 Å². The smallest absolute Gasteiger partial charge is 0.191 e. The van der Waals surface area contributed by atoms with E-state index in [1.54, 1.807) is 0 Å². The molecule has 19 heavy (non-hydrogen) atoms. The molecular weight excluding hydrogens is 238 g/mol. The summed E-state index contributed by atoms with van der Waals surface area (Å²) < 4.78 is 5.72. The number of guanidine groups is 1. The van der Waals surface area contributed by atoms with Gasteiger partial charge >= 0.3 is 0 Å². The first-order valence-corrected chi connectivity index (χ1v) is 7.92. The van der Waals surface area contributed by atoms with Crippen molar-refractivity contribution in [2.24, 2.45) is 16.6 Å². The Morgan fingerprint density at radius 3 is 2.74 bits per heavy atom. The van der Waals surface area contributed by atoms with Crippen LogP contribution in [0.3, 0.4) is 0 Å². The van der Waals surface area contributed by atoms with Crippen molar-refractivity contribution >= 4 is 5.96 Å². The Morgan fingerprint density at radius 2 is 2.05 bits per heavy atom. The van der Waals surface area contributed by atoms with Crippen molar-refractivity contribution in [3.05, 3.63) is 0 Å². The third-order valence-corrected chi connectivity index (χ3v) is 4.34. The predicted octanol–water partition coefficient (Wildman–Crippen LogP) is 2.38. The number of hydrogen-bond donors (Lipinski definition) is 1. The number of likely N-dealkylation sites (tertiary alicyclic amines) is 1. The number of nitrogens with zero attached hydrogens (tertiary/aromatic N) is 2. The molecule has 4 nitrogen and oxygen atoms in total. The highest BCUT2D eigenvalue weighted by atomic mass is 16.5. The molecule has 0 amide bonds. The maximum Gasteiger partial charge on any atom is 0.191 e. The summed E-state index contributed by atoms with van der Waals surface area (Å²) in [7, 11) is 0. The van der Waals surface area contributed by atoms with Crippen molar-refractivity contribution < 1.29 is 4.74 Å². The molecule has 0 aromatic carbocycles. The van der Waals surface area contributed by atoms with E-state index in [0.29, 0.717) is 6.10 Å². The molecule has 0 spiro atoms. The number of aliphatic imine (C=N–C) groups is 1. The van der Waals surface area contributed by atoms with Gasteiger partial charge in [-0.2, -0.15) is 0 Å². The zero-order chi connectivity index (χ0) is 13.5. The maximum atomic E-state index is 6.06. The van der Waals surface area contributed by atoms with Gasteiger partial charge in [0.1, 0.15) is 0 Å². The predicted molar refractivity (Wildman–Crippen MR) is 79.3 cm³/mol. The molecule has 4 heteroatoms. The zero-order valence-corrected chi connectivity index (χ0v) is 12.3. The fourth-order valence-corrected chi connectivity index (χ4v) is 2.89. The molecule has 2 aliphatic heterocycles. The molecule has 2 N–H and O–H groups in total. The molecule has 0 aromatic rings. The third kappa shape index (κ3) is 5.01. The van der Waals surface area contributed by atoms with E-state index >= 15 is 0 Å². The van der Waals surface area contributed by atoms with Crippen molar-refractivity contribution in [2.45, 2.75) is 58.0 Å². The van der Waals surface area contributed by atoms with Crippen LogP contribution >= 0.6 is 0 Å². The van der Waals surface area contributed by atoms with E-state index in [4.69, 9.17) is 10.5 Å². The second-order valence-corrected chi connectivity index (χ2v) is 6.04. The van der Waals surface area contributed by atoms with Crippen LogP contribution in [0.5, 0.6) is 0 Å². The van der Waals surface area contributed by atoms with Gasteiger partial charge in [0.25, 0.3) is 0 Å². The minimum Gasteiger partial charge on any atom is -0.378 e. The van der Waals surface area contributed by atoms with Crippen LogP contribution in [0.4, 0.5) is 0 Å². The summed E-state index contributed by atoms with van der Waals surface area (Å²) in [5.41, 5.74) is 6.06. The van der Waals surface area contributed by atoms with Gasteiger partial charge in [0.2, 0.25) is 0 Å². The Labute approximate surface area is 117 Å². The highest BCUT2D eigenvalue weighted by Crippen LogP contribution is 2.17. The lowest BCUT2D eigenvalue weighted by molar-refractivity contribution is 0.0105. The van der Waals surface area contributed by atoms with Crippen molar-refractivity contribution in [3.8, 4) is 0 Å². The molecule has 0 aromatic heterocycles. The summed E-state index contributed by atoms with van der Waals surface area (Å²) in [6, 6.07) is 0. The van der Waals surface area contributed by atoms with E-state index in [1.807, 2.05) is 0 Å². The van der Waals surface area contributed by atoms with E-state index < -0.39 is 0 Å². The fourth-order valence-electron chi connectivity index (χ4n) is 2.89. The number of nitrogens with two attached hydrogens (primary N) is 1. The standard InChI is InChI=1S/C15H29N3O/c1-13-7-10-18(11-8-13)15(16)17-9-4-6-14-5-2-3-12-19-14/h13-14H,2-12H2,1H3,(H2,16,17). The molecule has 0 radical (unpaired) electrons. The highest BCUT2D eigenvalue weighted by Gasteiger charge is 2.17. The molecule has 2 fully saturated rings. The summed E-state index contributed by atoms with van der Waals surface area (Å²) in [4.78, 5) is 6.76. The fraction of sp³-hybridized carbons (Fsp3) is 0.933. The first-order valence-electron chi connectivity index (χ1n) is 7.92. The van der Waals surface area contributed by atoms with Crippen LogP contribution in [0.2, 0.25) is 0 Å². The quantitative estimate of drug-likeness (QED) is 0.483. The minimum atomic E-state index is 0.473. The monoisotopic (exact) mass is 267 g/mol. The summed E-state index contributed by atoms with van der Waals surface area (Å²) in [6.07, 6.45) is 8.96. The van der Waals surface area contributed by atoms with Crippen molar-refractivity contribution in [3.63, 3.8) is 0 Å². The largest absolute Gasteiger partial charge is 0.378 e. The average molecular weight is 267 g/mol. The van der Waals surface area contributed by atoms with Gasteiger partial charge in [0.05, 0.1) is 6.10 Å². The van der Waals surface area contributed by atoms with Crippen molar-refractivity contribution in [2.75, 3.05) is 26.2 Å². The van der Waals surface area contributed by atoms with Crippen molar-refractivity contribution in [1.82, 2.24) is 4.90 Å². The Kier molecular flexibility index (Phi) is 5.95. The lowest BCUT2D eigenvalue weighted by Crippen LogP contribution is -2.42. The molecular formula is C15H29N3O. The molecule has 0 aliphatic carbocycles. The van der Waals surface area contributed by atoms with Crippen LogP contribution in [0, 0.1) is 5.92 Å². The van der Waals surface area contributed by atoms with E-state index in [2.05, 4.69) is 16.8 Å². The summed E-state index contributed by atoms with van der Waals surface area (Å²) >= 11 is 0. The molecule has 2 rings (SSSR count). The number of rotatable bonds is 4.